The number of hydrogen-bond donors (Lipinski definition) is 1. The first-order chi connectivity index (χ1) is 12.5. The van der Waals surface area contributed by atoms with E-state index in [1.165, 1.54) is 0 Å². The molecule has 0 radical (unpaired) electrons. The van der Waals surface area contributed by atoms with Gasteiger partial charge in [0.25, 0.3) is 0 Å². The number of nitrogens with one attached hydrogen (secondary N) is 1. The van der Waals surface area contributed by atoms with Crippen LogP contribution < -0.4 is 15.0 Å². The molecule has 2 aromatic carbocycles. The Labute approximate surface area is 161 Å². The van der Waals surface area contributed by atoms with Crippen LogP contribution in [0.2, 0.25) is 0 Å². The van der Waals surface area contributed by atoms with Crippen LogP contribution in [0.4, 0.5) is 5.69 Å². The van der Waals surface area contributed by atoms with Crippen molar-refractivity contribution in [1.29, 1.82) is 0 Å². The topological polar surface area (TPSA) is 58.6 Å². The van der Waals surface area contributed by atoms with Gasteiger partial charge in [0.15, 0.2) is 0 Å². The first kappa shape index (κ1) is 18.5. The van der Waals surface area contributed by atoms with Gasteiger partial charge < -0.3 is 15.0 Å². The molecule has 5 nitrogen and oxygen atoms in total. The normalized spacial score (nSPS) is 15.8. The van der Waals surface area contributed by atoms with Crippen LogP contribution in [0.3, 0.4) is 0 Å². The Balaban J connectivity index is 1.53. The molecule has 2 amide bonds. The number of benzene rings is 2. The number of nitrogens with zero attached hydrogens (tertiary/aromatic N) is 1. The Kier molecular flexibility index (Phi) is 5.93. The van der Waals surface area contributed by atoms with Crippen molar-refractivity contribution < 1.29 is 14.3 Å². The van der Waals surface area contributed by atoms with E-state index >= 15 is 0 Å². The lowest BCUT2D eigenvalue weighted by Gasteiger charge is -2.33. The summed E-state index contributed by atoms with van der Waals surface area (Å²) in [4.78, 5) is 26.4. The van der Waals surface area contributed by atoms with E-state index in [9.17, 15) is 9.59 Å². The average molecular weight is 417 g/mol. The van der Waals surface area contributed by atoms with Gasteiger partial charge in [-0.2, -0.15) is 0 Å². The Bertz CT molecular complexity index is 809. The van der Waals surface area contributed by atoms with Crippen LogP contribution in [-0.4, -0.2) is 24.5 Å². The molecule has 0 bridgehead atoms. The van der Waals surface area contributed by atoms with Crippen molar-refractivity contribution in [2.75, 3.05) is 11.4 Å². The highest BCUT2D eigenvalue weighted by Crippen LogP contribution is 2.33. The number of ether oxygens (including phenoxy) is 1. The molecule has 26 heavy (non-hydrogen) atoms. The molecule has 1 atom stereocenters. The minimum Gasteiger partial charge on any atom is -0.487 e. The van der Waals surface area contributed by atoms with Gasteiger partial charge in [0.05, 0.1) is 12.2 Å². The second-order valence-electron chi connectivity index (χ2n) is 6.31. The van der Waals surface area contributed by atoms with Crippen LogP contribution >= 0.6 is 15.9 Å². The molecule has 1 unspecified atom stereocenters. The van der Waals surface area contributed by atoms with Crippen LogP contribution in [0.15, 0.2) is 53.0 Å². The fourth-order valence-corrected chi connectivity index (χ4v) is 3.36. The first-order valence-electron chi connectivity index (χ1n) is 8.60. The number of para-hydroxylation sites is 2. The maximum absolute atomic E-state index is 12.6. The van der Waals surface area contributed by atoms with E-state index in [4.69, 9.17) is 4.74 Å². The summed E-state index contributed by atoms with van der Waals surface area (Å²) >= 11 is 3.41. The summed E-state index contributed by atoms with van der Waals surface area (Å²) in [7, 11) is 0. The Morgan fingerprint density at radius 3 is 2.81 bits per heavy atom. The zero-order chi connectivity index (χ0) is 18.5. The lowest BCUT2D eigenvalue weighted by atomic mass is 10.1. The third-order valence-corrected chi connectivity index (χ3v) is 4.66. The van der Waals surface area contributed by atoms with Crippen LogP contribution in [0.25, 0.3) is 0 Å². The van der Waals surface area contributed by atoms with Gasteiger partial charge in [-0.25, -0.2) is 0 Å². The van der Waals surface area contributed by atoms with E-state index in [2.05, 4.69) is 21.2 Å². The third kappa shape index (κ3) is 4.64. The lowest BCUT2D eigenvalue weighted by Crippen LogP contribution is -2.42. The molecule has 6 heteroatoms. The third-order valence-electron chi connectivity index (χ3n) is 4.17. The number of carbonyl (C=O) groups is 2. The molecule has 1 heterocycles. The summed E-state index contributed by atoms with van der Waals surface area (Å²) in [6.07, 6.45) is 0.269. The van der Waals surface area contributed by atoms with E-state index in [-0.39, 0.29) is 30.8 Å². The van der Waals surface area contributed by atoms with E-state index in [1.54, 1.807) is 4.90 Å². The summed E-state index contributed by atoms with van der Waals surface area (Å²) in [5.41, 5.74) is 1.78. The summed E-state index contributed by atoms with van der Waals surface area (Å²) in [6, 6.07) is 15.2. The Morgan fingerprint density at radius 2 is 2.00 bits per heavy atom. The van der Waals surface area contributed by atoms with Gasteiger partial charge in [-0.3, -0.25) is 9.59 Å². The maximum atomic E-state index is 12.6. The van der Waals surface area contributed by atoms with Crippen molar-refractivity contribution in [3.05, 3.63) is 58.6 Å². The van der Waals surface area contributed by atoms with Crippen molar-refractivity contribution in [1.82, 2.24) is 5.32 Å². The molecule has 0 saturated heterocycles. The van der Waals surface area contributed by atoms with Crippen molar-refractivity contribution in [2.45, 2.75) is 32.4 Å². The largest absolute Gasteiger partial charge is 0.487 e. The van der Waals surface area contributed by atoms with Crippen molar-refractivity contribution in [2.24, 2.45) is 0 Å². The van der Waals surface area contributed by atoms with Gasteiger partial charge in [0.1, 0.15) is 11.9 Å². The molecule has 1 aliphatic heterocycles. The summed E-state index contributed by atoms with van der Waals surface area (Å²) in [5, 5.41) is 2.86. The summed E-state index contributed by atoms with van der Waals surface area (Å²) in [5.74, 6) is 0.511. The minimum atomic E-state index is -0.132. The van der Waals surface area contributed by atoms with Crippen LogP contribution in [0.5, 0.6) is 5.75 Å². The molecule has 0 saturated carbocycles. The quantitative estimate of drug-likeness (QED) is 0.808. The smallest absolute Gasteiger partial charge is 0.227 e. The molecule has 3 rings (SSSR count). The SMILES string of the molecule is CC1CN(C(=O)CCC(=O)NCc2cccc(Br)c2)c2ccccc2O1. The number of fused-ring (bicyclic) bond motifs is 1. The standard InChI is InChI=1S/C20H21BrN2O3/c1-14-13-23(17-7-2-3-8-18(17)26-14)20(25)10-9-19(24)22-12-15-5-4-6-16(21)11-15/h2-8,11,14H,9-10,12-13H2,1H3,(H,22,24). The molecular formula is C20H21BrN2O3. The highest BCUT2D eigenvalue weighted by Gasteiger charge is 2.27. The Hall–Kier alpha value is -2.34. The van der Waals surface area contributed by atoms with Crippen molar-refractivity contribution >= 4 is 33.4 Å². The number of amides is 2. The second-order valence-corrected chi connectivity index (χ2v) is 7.22. The predicted molar refractivity (Wildman–Crippen MR) is 104 cm³/mol. The summed E-state index contributed by atoms with van der Waals surface area (Å²) < 4.78 is 6.73. The fourth-order valence-electron chi connectivity index (χ4n) is 2.92. The van der Waals surface area contributed by atoms with Crippen LogP contribution in [-0.2, 0) is 16.1 Å². The molecule has 0 fully saturated rings. The van der Waals surface area contributed by atoms with E-state index in [1.807, 2.05) is 55.5 Å². The second kappa shape index (κ2) is 8.36. The van der Waals surface area contributed by atoms with Crippen LogP contribution in [0.1, 0.15) is 25.3 Å². The zero-order valence-corrected chi connectivity index (χ0v) is 16.2. The number of carbonyl (C=O) groups excluding carboxylic acids is 2. The summed E-state index contributed by atoms with van der Waals surface area (Å²) in [6.45, 7) is 2.88. The highest BCUT2D eigenvalue weighted by atomic mass is 79.9. The van der Waals surface area contributed by atoms with Gasteiger partial charge in [-0.1, -0.05) is 40.2 Å². The number of halogens is 1. The molecule has 1 N–H and O–H groups in total. The van der Waals surface area contributed by atoms with Gasteiger partial charge in [-0.05, 0) is 36.8 Å². The maximum Gasteiger partial charge on any atom is 0.227 e. The molecule has 1 aliphatic rings. The fraction of sp³-hybridized carbons (Fsp3) is 0.300. The number of anilines is 1. The van der Waals surface area contributed by atoms with E-state index < -0.39 is 0 Å². The van der Waals surface area contributed by atoms with E-state index in [0.29, 0.717) is 18.8 Å². The van der Waals surface area contributed by atoms with Crippen LogP contribution in [0, 0.1) is 0 Å². The van der Waals surface area contributed by atoms with Gasteiger partial charge in [-0.15, -0.1) is 0 Å². The predicted octanol–water partition coefficient (Wildman–Crippen LogP) is 3.66. The molecule has 0 spiro atoms. The number of rotatable bonds is 5. The van der Waals surface area contributed by atoms with Crippen molar-refractivity contribution in [3.8, 4) is 5.75 Å². The monoisotopic (exact) mass is 416 g/mol. The highest BCUT2D eigenvalue weighted by molar-refractivity contribution is 9.10. The Morgan fingerprint density at radius 1 is 1.19 bits per heavy atom. The molecule has 136 valence electrons. The number of hydrogen-bond acceptors (Lipinski definition) is 3. The molecule has 2 aromatic rings. The van der Waals surface area contributed by atoms with E-state index in [0.717, 1.165) is 15.7 Å². The average Bonchev–Trinajstić information content (AvgIpc) is 2.63. The van der Waals surface area contributed by atoms with Gasteiger partial charge >= 0.3 is 0 Å². The molecule has 0 aliphatic carbocycles. The molecular weight excluding hydrogens is 396 g/mol. The van der Waals surface area contributed by atoms with Crippen molar-refractivity contribution in [3.63, 3.8) is 0 Å². The van der Waals surface area contributed by atoms with Gasteiger partial charge in [0, 0.05) is 23.9 Å². The lowest BCUT2D eigenvalue weighted by molar-refractivity contribution is -0.125. The minimum absolute atomic E-state index is 0.0646. The first-order valence-corrected chi connectivity index (χ1v) is 9.39. The zero-order valence-electron chi connectivity index (χ0n) is 14.6. The van der Waals surface area contributed by atoms with Gasteiger partial charge in [0.2, 0.25) is 11.8 Å². The molecule has 0 aromatic heterocycles.